The Kier molecular flexibility index (Phi) is 5.37. The largest absolute Gasteiger partial charge is 0.312 e. The Morgan fingerprint density at radius 2 is 2.05 bits per heavy atom. The molecule has 1 rings (SSSR count). The lowest BCUT2D eigenvalue weighted by molar-refractivity contribution is -0.385. The van der Waals surface area contributed by atoms with Crippen molar-refractivity contribution < 1.29 is 17.7 Å². The SMILES string of the molecule is CCS(=O)(=O)CCNCc1cc(F)cc([N+](=O)[O-])c1. The highest BCUT2D eigenvalue weighted by Gasteiger charge is 2.10. The fourth-order valence-electron chi connectivity index (χ4n) is 1.45. The molecule has 0 radical (unpaired) electrons. The van der Waals surface area contributed by atoms with Gasteiger partial charge in [-0.3, -0.25) is 10.1 Å². The predicted molar refractivity (Wildman–Crippen MR) is 69.1 cm³/mol. The molecule has 106 valence electrons. The number of hydrogen-bond donors (Lipinski definition) is 1. The van der Waals surface area contributed by atoms with E-state index in [4.69, 9.17) is 0 Å². The highest BCUT2D eigenvalue weighted by atomic mass is 32.2. The van der Waals surface area contributed by atoms with Gasteiger partial charge in [-0.05, 0) is 11.6 Å². The maximum Gasteiger partial charge on any atom is 0.272 e. The van der Waals surface area contributed by atoms with Gasteiger partial charge in [0.25, 0.3) is 5.69 Å². The molecule has 0 bridgehead atoms. The fourth-order valence-corrected chi connectivity index (χ4v) is 2.19. The Bertz CT molecular complexity index is 560. The molecule has 8 heteroatoms. The molecule has 1 aromatic rings. The molecule has 1 aromatic carbocycles. The van der Waals surface area contributed by atoms with Gasteiger partial charge < -0.3 is 5.32 Å². The van der Waals surface area contributed by atoms with Crippen molar-refractivity contribution >= 4 is 15.5 Å². The minimum absolute atomic E-state index is 0.0130. The lowest BCUT2D eigenvalue weighted by Crippen LogP contribution is -2.23. The summed E-state index contributed by atoms with van der Waals surface area (Å²) in [4.78, 5) is 9.87. The topological polar surface area (TPSA) is 89.3 Å². The van der Waals surface area contributed by atoms with E-state index in [-0.39, 0.29) is 30.3 Å². The Morgan fingerprint density at radius 3 is 2.63 bits per heavy atom. The van der Waals surface area contributed by atoms with Crippen LogP contribution >= 0.6 is 0 Å². The van der Waals surface area contributed by atoms with E-state index in [2.05, 4.69) is 5.32 Å². The number of hydrogen-bond acceptors (Lipinski definition) is 5. The van der Waals surface area contributed by atoms with Crippen LogP contribution in [0.2, 0.25) is 0 Å². The van der Waals surface area contributed by atoms with E-state index in [0.29, 0.717) is 5.56 Å². The van der Waals surface area contributed by atoms with Gasteiger partial charge in [-0.25, -0.2) is 12.8 Å². The molecule has 19 heavy (non-hydrogen) atoms. The number of benzene rings is 1. The third kappa shape index (κ3) is 5.31. The lowest BCUT2D eigenvalue weighted by Gasteiger charge is -2.05. The first-order valence-corrected chi connectivity index (χ1v) is 7.51. The number of nitrogens with zero attached hydrogens (tertiary/aromatic N) is 1. The fraction of sp³-hybridized carbons (Fsp3) is 0.455. The van der Waals surface area contributed by atoms with Crippen molar-refractivity contribution in [2.24, 2.45) is 0 Å². The molecule has 0 aliphatic heterocycles. The second-order valence-corrected chi connectivity index (χ2v) is 6.46. The van der Waals surface area contributed by atoms with Gasteiger partial charge in [-0.1, -0.05) is 6.92 Å². The summed E-state index contributed by atoms with van der Waals surface area (Å²) in [5.41, 5.74) is 0.0820. The molecular weight excluding hydrogens is 275 g/mol. The summed E-state index contributed by atoms with van der Waals surface area (Å²) in [5, 5.41) is 13.4. The van der Waals surface area contributed by atoms with Crippen molar-refractivity contribution in [3.05, 3.63) is 39.7 Å². The van der Waals surface area contributed by atoms with E-state index in [1.807, 2.05) is 0 Å². The third-order valence-corrected chi connectivity index (χ3v) is 4.22. The molecule has 0 spiro atoms. The van der Waals surface area contributed by atoms with Crippen LogP contribution in [0.25, 0.3) is 0 Å². The van der Waals surface area contributed by atoms with Crippen molar-refractivity contribution in [2.45, 2.75) is 13.5 Å². The van der Waals surface area contributed by atoms with Crippen LogP contribution in [0.1, 0.15) is 12.5 Å². The van der Waals surface area contributed by atoms with Gasteiger partial charge in [-0.15, -0.1) is 0 Å². The van der Waals surface area contributed by atoms with Gasteiger partial charge in [0.1, 0.15) is 5.82 Å². The molecular formula is C11H15FN2O4S. The van der Waals surface area contributed by atoms with Crippen LogP contribution in [0.3, 0.4) is 0 Å². The smallest absolute Gasteiger partial charge is 0.272 e. The number of sulfone groups is 1. The second kappa shape index (κ2) is 6.58. The summed E-state index contributed by atoms with van der Waals surface area (Å²) in [7, 11) is -3.05. The molecule has 0 aliphatic rings. The number of nitro benzene ring substituents is 1. The summed E-state index contributed by atoms with van der Waals surface area (Å²) >= 11 is 0. The van der Waals surface area contributed by atoms with Crippen LogP contribution in [0.15, 0.2) is 18.2 Å². The van der Waals surface area contributed by atoms with Crippen LogP contribution in [0.5, 0.6) is 0 Å². The van der Waals surface area contributed by atoms with Crippen LogP contribution in [-0.4, -0.2) is 31.4 Å². The van der Waals surface area contributed by atoms with Crippen LogP contribution in [-0.2, 0) is 16.4 Å². The first kappa shape index (κ1) is 15.5. The minimum atomic E-state index is -3.05. The van der Waals surface area contributed by atoms with Crippen molar-refractivity contribution in [1.29, 1.82) is 0 Å². The molecule has 0 aliphatic carbocycles. The van der Waals surface area contributed by atoms with E-state index in [9.17, 15) is 22.9 Å². The van der Waals surface area contributed by atoms with Gasteiger partial charge in [0.15, 0.2) is 9.84 Å². The minimum Gasteiger partial charge on any atom is -0.312 e. The molecule has 0 unspecified atom stereocenters. The number of nitro groups is 1. The summed E-state index contributed by atoms with van der Waals surface area (Å²) < 4.78 is 35.6. The van der Waals surface area contributed by atoms with Crippen molar-refractivity contribution in [2.75, 3.05) is 18.1 Å². The van der Waals surface area contributed by atoms with Crippen molar-refractivity contribution in [1.82, 2.24) is 5.32 Å². The van der Waals surface area contributed by atoms with Gasteiger partial charge in [-0.2, -0.15) is 0 Å². The first-order chi connectivity index (χ1) is 8.84. The average Bonchev–Trinajstić information content (AvgIpc) is 2.34. The third-order valence-electron chi connectivity index (χ3n) is 2.51. The molecule has 0 saturated carbocycles. The Labute approximate surface area is 110 Å². The van der Waals surface area contributed by atoms with Crippen LogP contribution < -0.4 is 5.32 Å². The quantitative estimate of drug-likeness (QED) is 0.464. The van der Waals surface area contributed by atoms with E-state index < -0.39 is 20.6 Å². The summed E-state index contributed by atoms with van der Waals surface area (Å²) in [6.45, 7) is 1.96. The van der Waals surface area contributed by atoms with Gasteiger partial charge in [0, 0.05) is 24.9 Å². The highest BCUT2D eigenvalue weighted by Crippen LogP contribution is 2.16. The van der Waals surface area contributed by atoms with E-state index in [1.165, 1.54) is 12.1 Å². The predicted octanol–water partition coefficient (Wildman–Crippen LogP) is 1.26. The zero-order valence-electron chi connectivity index (χ0n) is 10.4. The standard InChI is InChI=1S/C11H15FN2O4S/c1-2-19(17,18)4-3-13-8-9-5-10(12)7-11(6-9)14(15)16/h5-7,13H,2-4,8H2,1H3. The van der Waals surface area contributed by atoms with Crippen molar-refractivity contribution in [3.63, 3.8) is 0 Å². The van der Waals surface area contributed by atoms with Crippen LogP contribution in [0.4, 0.5) is 10.1 Å². The molecule has 6 nitrogen and oxygen atoms in total. The lowest BCUT2D eigenvalue weighted by atomic mass is 10.2. The molecule has 0 amide bonds. The highest BCUT2D eigenvalue weighted by molar-refractivity contribution is 7.91. The maximum atomic E-state index is 13.1. The van der Waals surface area contributed by atoms with Gasteiger partial charge >= 0.3 is 0 Å². The molecule has 0 atom stereocenters. The number of nitrogens with one attached hydrogen (secondary N) is 1. The zero-order chi connectivity index (χ0) is 14.5. The van der Waals surface area contributed by atoms with Crippen molar-refractivity contribution in [3.8, 4) is 0 Å². The normalized spacial score (nSPS) is 11.5. The molecule has 0 heterocycles. The number of halogens is 1. The molecule has 1 N–H and O–H groups in total. The zero-order valence-corrected chi connectivity index (χ0v) is 11.2. The first-order valence-electron chi connectivity index (χ1n) is 5.69. The second-order valence-electron chi connectivity index (χ2n) is 3.99. The molecule has 0 fully saturated rings. The van der Waals surface area contributed by atoms with Gasteiger partial charge in [0.2, 0.25) is 0 Å². The maximum absolute atomic E-state index is 13.1. The summed E-state index contributed by atoms with van der Waals surface area (Å²) in [6, 6.07) is 3.27. The summed E-state index contributed by atoms with van der Waals surface area (Å²) in [5.74, 6) is -0.631. The Balaban J connectivity index is 2.57. The van der Waals surface area contributed by atoms with Gasteiger partial charge in [0.05, 0.1) is 16.7 Å². The Hall–Kier alpha value is -1.54. The van der Waals surface area contributed by atoms with E-state index >= 15 is 0 Å². The molecule has 0 saturated heterocycles. The Morgan fingerprint density at radius 1 is 1.37 bits per heavy atom. The van der Waals surface area contributed by atoms with E-state index in [0.717, 1.165) is 6.07 Å². The van der Waals surface area contributed by atoms with E-state index in [1.54, 1.807) is 6.92 Å². The monoisotopic (exact) mass is 290 g/mol. The molecule has 0 aromatic heterocycles. The number of rotatable bonds is 7. The summed E-state index contributed by atoms with van der Waals surface area (Å²) in [6.07, 6.45) is 0. The number of non-ortho nitro benzene ring substituents is 1. The average molecular weight is 290 g/mol. The van der Waals surface area contributed by atoms with Crippen LogP contribution in [0, 0.1) is 15.9 Å².